The van der Waals surface area contributed by atoms with Gasteiger partial charge in [-0.05, 0) is 16.3 Å². The van der Waals surface area contributed by atoms with E-state index in [2.05, 4.69) is 0 Å². The van der Waals surface area contributed by atoms with Gasteiger partial charge in [-0.3, -0.25) is 14.4 Å². The van der Waals surface area contributed by atoms with Gasteiger partial charge in [-0.1, -0.05) is 42.5 Å². The van der Waals surface area contributed by atoms with Crippen LogP contribution in [-0.2, 0) is 24.0 Å². The van der Waals surface area contributed by atoms with Gasteiger partial charge in [0.2, 0.25) is 5.91 Å². The molecule has 7 heteroatoms. The first kappa shape index (κ1) is 17.2. The molecule has 0 aromatic heterocycles. The lowest BCUT2D eigenvalue weighted by molar-refractivity contribution is -0.198. The highest BCUT2D eigenvalue weighted by Crippen LogP contribution is 2.33. The number of carbonyl (C=O) groups is 4. The van der Waals surface area contributed by atoms with E-state index in [0.717, 1.165) is 16.3 Å². The highest BCUT2D eigenvalue weighted by atomic mass is 16.7. The minimum absolute atomic E-state index is 0.0218. The monoisotopic (exact) mass is 366 g/mol. The molecule has 1 atom stereocenters. The van der Waals surface area contributed by atoms with Gasteiger partial charge in [-0.25, -0.2) is 4.79 Å². The van der Waals surface area contributed by atoms with Crippen LogP contribution in [0.2, 0.25) is 0 Å². The number of nitrogens with zero attached hydrogens (tertiary/aromatic N) is 2. The Hall–Kier alpha value is -3.22. The molecule has 2 aromatic carbocycles. The quantitative estimate of drug-likeness (QED) is 0.770. The van der Waals surface area contributed by atoms with Gasteiger partial charge in [0.1, 0.15) is 6.54 Å². The van der Waals surface area contributed by atoms with E-state index in [4.69, 9.17) is 4.84 Å². The Labute approximate surface area is 155 Å². The summed E-state index contributed by atoms with van der Waals surface area (Å²) in [5, 5.41) is 2.70. The van der Waals surface area contributed by atoms with Crippen molar-refractivity contribution < 1.29 is 24.0 Å². The minimum Gasteiger partial charge on any atom is -0.331 e. The lowest BCUT2D eigenvalue weighted by Crippen LogP contribution is -2.38. The second-order valence-electron chi connectivity index (χ2n) is 6.79. The van der Waals surface area contributed by atoms with Gasteiger partial charge in [-0.15, -0.1) is 5.06 Å². The van der Waals surface area contributed by atoms with Crippen LogP contribution in [0.15, 0.2) is 42.5 Å². The summed E-state index contributed by atoms with van der Waals surface area (Å²) >= 11 is 0. The molecule has 0 radical (unpaired) electrons. The Morgan fingerprint density at radius 2 is 1.67 bits per heavy atom. The summed E-state index contributed by atoms with van der Waals surface area (Å²) < 4.78 is 0. The number of rotatable bonds is 4. The molecule has 2 fully saturated rings. The van der Waals surface area contributed by atoms with Crippen molar-refractivity contribution in [1.29, 1.82) is 0 Å². The molecule has 0 N–H and O–H groups in total. The number of carbonyl (C=O) groups excluding carboxylic acids is 4. The molecule has 0 saturated carbocycles. The minimum atomic E-state index is -0.787. The largest absolute Gasteiger partial charge is 0.352 e. The highest BCUT2D eigenvalue weighted by Gasteiger charge is 2.36. The Morgan fingerprint density at radius 1 is 0.963 bits per heavy atom. The van der Waals surface area contributed by atoms with E-state index in [0.29, 0.717) is 18.0 Å². The summed E-state index contributed by atoms with van der Waals surface area (Å²) in [6.45, 7) is 0.112. The predicted molar refractivity (Wildman–Crippen MR) is 95.1 cm³/mol. The molecule has 2 heterocycles. The normalized spacial score (nSPS) is 20.0. The van der Waals surface area contributed by atoms with Crippen LogP contribution in [0.3, 0.4) is 0 Å². The summed E-state index contributed by atoms with van der Waals surface area (Å²) in [6.07, 6.45) is 0.388. The molecule has 138 valence electrons. The van der Waals surface area contributed by atoms with Crippen LogP contribution in [0.1, 0.15) is 30.7 Å². The van der Waals surface area contributed by atoms with Gasteiger partial charge in [0, 0.05) is 31.7 Å². The molecule has 2 saturated heterocycles. The van der Waals surface area contributed by atoms with Crippen molar-refractivity contribution in [2.24, 2.45) is 0 Å². The molecule has 7 nitrogen and oxygen atoms in total. The Balaban J connectivity index is 1.45. The summed E-state index contributed by atoms with van der Waals surface area (Å²) in [5.74, 6) is -2.02. The maximum absolute atomic E-state index is 12.4. The summed E-state index contributed by atoms with van der Waals surface area (Å²) in [6, 6.07) is 14.0. The first-order valence-corrected chi connectivity index (χ1v) is 8.85. The van der Waals surface area contributed by atoms with E-state index in [-0.39, 0.29) is 31.2 Å². The number of hydrogen-bond acceptors (Lipinski definition) is 5. The topological polar surface area (TPSA) is 84.0 Å². The van der Waals surface area contributed by atoms with E-state index < -0.39 is 17.8 Å². The lowest BCUT2D eigenvalue weighted by atomic mass is 9.93. The number of amides is 3. The summed E-state index contributed by atoms with van der Waals surface area (Å²) in [5.41, 5.74) is 1.07. The molecule has 27 heavy (non-hydrogen) atoms. The first-order valence-electron chi connectivity index (χ1n) is 8.85. The van der Waals surface area contributed by atoms with Crippen molar-refractivity contribution in [1.82, 2.24) is 9.96 Å². The van der Waals surface area contributed by atoms with Crippen LogP contribution in [0.5, 0.6) is 0 Å². The third-order valence-electron chi connectivity index (χ3n) is 5.00. The second-order valence-corrected chi connectivity index (χ2v) is 6.79. The molecular formula is C20H18N2O5. The zero-order valence-corrected chi connectivity index (χ0v) is 14.6. The zero-order valence-electron chi connectivity index (χ0n) is 14.6. The Morgan fingerprint density at radius 3 is 2.44 bits per heavy atom. The molecular weight excluding hydrogens is 348 g/mol. The van der Waals surface area contributed by atoms with Crippen molar-refractivity contribution in [3.05, 3.63) is 48.0 Å². The maximum Gasteiger partial charge on any atom is 0.352 e. The molecule has 1 unspecified atom stereocenters. The Bertz CT molecular complexity index is 933. The standard InChI is InChI=1S/C20H18N2O5/c23-17-8-9-18(24)22(17)27-20(26)12-21-11-14(10-19(21)25)16-7-3-5-13-4-1-2-6-15(13)16/h1-7,14H,8-12H2. The van der Waals surface area contributed by atoms with Gasteiger partial charge in [0.05, 0.1) is 0 Å². The van der Waals surface area contributed by atoms with E-state index in [1.165, 1.54) is 4.90 Å². The molecule has 2 aliphatic rings. The molecule has 3 amide bonds. The van der Waals surface area contributed by atoms with Crippen molar-refractivity contribution >= 4 is 34.5 Å². The van der Waals surface area contributed by atoms with Gasteiger partial charge < -0.3 is 9.74 Å². The van der Waals surface area contributed by atoms with Gasteiger partial charge in [0.25, 0.3) is 11.8 Å². The number of benzene rings is 2. The zero-order chi connectivity index (χ0) is 19.0. The van der Waals surface area contributed by atoms with Crippen LogP contribution in [-0.4, -0.2) is 46.7 Å². The maximum atomic E-state index is 12.4. The van der Waals surface area contributed by atoms with E-state index in [1.54, 1.807) is 0 Å². The number of fused-ring (bicyclic) bond motifs is 1. The molecule has 0 aliphatic carbocycles. The molecule has 0 bridgehead atoms. The van der Waals surface area contributed by atoms with Crippen molar-refractivity contribution in [2.75, 3.05) is 13.1 Å². The molecule has 4 rings (SSSR count). The van der Waals surface area contributed by atoms with E-state index in [1.807, 2.05) is 42.5 Å². The smallest absolute Gasteiger partial charge is 0.331 e. The average molecular weight is 366 g/mol. The van der Waals surface area contributed by atoms with Crippen LogP contribution in [0.25, 0.3) is 10.8 Å². The SMILES string of the molecule is O=C(CN1CC(c2cccc3ccccc23)CC1=O)ON1C(=O)CCC1=O. The van der Waals surface area contributed by atoms with E-state index >= 15 is 0 Å². The van der Waals surface area contributed by atoms with Crippen molar-refractivity contribution in [3.63, 3.8) is 0 Å². The highest BCUT2D eigenvalue weighted by molar-refractivity contribution is 6.01. The fraction of sp³-hybridized carbons (Fsp3) is 0.300. The van der Waals surface area contributed by atoms with Crippen LogP contribution < -0.4 is 0 Å². The third-order valence-corrected chi connectivity index (χ3v) is 5.00. The van der Waals surface area contributed by atoms with Crippen molar-refractivity contribution in [3.8, 4) is 0 Å². The average Bonchev–Trinajstić information content (AvgIpc) is 3.18. The van der Waals surface area contributed by atoms with Crippen molar-refractivity contribution in [2.45, 2.75) is 25.2 Å². The fourth-order valence-corrected chi connectivity index (χ4v) is 3.68. The fourth-order valence-electron chi connectivity index (χ4n) is 3.68. The number of hydroxylamine groups is 2. The molecule has 0 spiro atoms. The predicted octanol–water partition coefficient (Wildman–Crippen LogP) is 1.76. The van der Waals surface area contributed by atoms with Crippen LogP contribution >= 0.6 is 0 Å². The second kappa shape index (κ2) is 6.83. The van der Waals surface area contributed by atoms with Gasteiger partial charge in [-0.2, -0.15) is 0 Å². The summed E-state index contributed by atoms with van der Waals surface area (Å²) in [4.78, 5) is 53.8. The van der Waals surface area contributed by atoms with Crippen LogP contribution in [0.4, 0.5) is 0 Å². The van der Waals surface area contributed by atoms with Gasteiger partial charge >= 0.3 is 5.97 Å². The lowest BCUT2D eigenvalue weighted by Gasteiger charge is -2.18. The number of imide groups is 1. The number of likely N-dealkylation sites (tertiary alicyclic amines) is 1. The summed E-state index contributed by atoms with van der Waals surface area (Å²) in [7, 11) is 0. The number of hydrogen-bond donors (Lipinski definition) is 0. The van der Waals surface area contributed by atoms with E-state index in [9.17, 15) is 19.2 Å². The third kappa shape index (κ3) is 3.28. The first-order chi connectivity index (χ1) is 13.0. The Kier molecular flexibility index (Phi) is 4.35. The molecule has 2 aromatic rings. The van der Waals surface area contributed by atoms with Gasteiger partial charge in [0.15, 0.2) is 0 Å². The van der Waals surface area contributed by atoms with Crippen LogP contribution in [0, 0.1) is 0 Å². The molecule has 2 aliphatic heterocycles.